The summed E-state index contributed by atoms with van der Waals surface area (Å²) >= 11 is 1.35. The third kappa shape index (κ3) is 3.66. The quantitative estimate of drug-likeness (QED) is 0.756. The number of sulfonamides is 1. The Morgan fingerprint density at radius 1 is 1.13 bits per heavy atom. The predicted molar refractivity (Wildman–Crippen MR) is 114 cm³/mol. The fourth-order valence-electron chi connectivity index (χ4n) is 4.07. The Morgan fingerprint density at radius 3 is 2.37 bits per heavy atom. The van der Waals surface area contributed by atoms with Gasteiger partial charge in [-0.2, -0.15) is 4.31 Å². The minimum Gasteiger partial charge on any atom is -0.480 e. The van der Waals surface area contributed by atoms with Crippen LogP contribution in [-0.2, 0) is 21.4 Å². The van der Waals surface area contributed by atoms with Gasteiger partial charge in [-0.15, -0.1) is 11.3 Å². The molecule has 7 nitrogen and oxygen atoms in total. The van der Waals surface area contributed by atoms with Gasteiger partial charge in [0.1, 0.15) is 6.04 Å². The molecule has 2 aliphatic rings. The Balaban J connectivity index is 1.55. The third-order valence-electron chi connectivity index (χ3n) is 5.74. The van der Waals surface area contributed by atoms with Crippen molar-refractivity contribution >= 4 is 33.2 Å². The van der Waals surface area contributed by atoms with Crippen LogP contribution in [0.3, 0.4) is 0 Å². The van der Waals surface area contributed by atoms with Crippen LogP contribution in [0.15, 0.2) is 35.2 Å². The van der Waals surface area contributed by atoms with Gasteiger partial charge in [0.15, 0.2) is 0 Å². The van der Waals surface area contributed by atoms with Gasteiger partial charge in [0.05, 0.1) is 11.4 Å². The molecule has 30 heavy (non-hydrogen) atoms. The molecule has 3 heterocycles. The summed E-state index contributed by atoms with van der Waals surface area (Å²) < 4.78 is 26.8. The number of benzene rings is 1. The summed E-state index contributed by atoms with van der Waals surface area (Å²) in [6, 6.07) is 7.82. The number of carbonyl (C=O) groups excluding carboxylic acids is 1. The highest BCUT2D eigenvalue weighted by atomic mass is 32.2. The Kier molecular flexibility index (Phi) is 5.69. The predicted octanol–water partition coefficient (Wildman–Crippen LogP) is 3.41. The molecule has 9 heteroatoms. The number of hydrogen-bond donors (Lipinski definition) is 1. The Morgan fingerprint density at radius 2 is 1.80 bits per heavy atom. The van der Waals surface area contributed by atoms with Crippen molar-refractivity contribution in [3.63, 3.8) is 0 Å². The van der Waals surface area contributed by atoms with Gasteiger partial charge in [-0.3, -0.25) is 9.59 Å². The van der Waals surface area contributed by atoms with Gasteiger partial charge in [-0.25, -0.2) is 8.42 Å². The van der Waals surface area contributed by atoms with E-state index >= 15 is 0 Å². The van der Waals surface area contributed by atoms with Crippen LogP contribution in [0.25, 0.3) is 10.4 Å². The van der Waals surface area contributed by atoms with Gasteiger partial charge in [0, 0.05) is 28.4 Å². The number of aliphatic carboxylic acids is 1. The second-order valence-electron chi connectivity index (χ2n) is 7.64. The summed E-state index contributed by atoms with van der Waals surface area (Å²) in [6.45, 7) is 3.33. The maximum Gasteiger partial charge on any atom is 0.322 e. The molecule has 0 bridgehead atoms. The molecule has 2 aromatic rings. The second-order valence-corrected chi connectivity index (χ2v) is 10.6. The summed E-state index contributed by atoms with van der Waals surface area (Å²) in [6.07, 6.45) is 3.45. The molecule has 1 unspecified atom stereocenters. The maximum absolute atomic E-state index is 12.9. The van der Waals surface area contributed by atoms with Crippen LogP contribution in [0, 0.1) is 0 Å². The number of hydrogen-bond acceptors (Lipinski definition) is 5. The van der Waals surface area contributed by atoms with Crippen molar-refractivity contribution in [1.29, 1.82) is 0 Å². The molecular formula is C21H24N2O5S2. The first kappa shape index (κ1) is 21.0. The van der Waals surface area contributed by atoms with Crippen molar-refractivity contribution in [1.82, 2.24) is 9.21 Å². The summed E-state index contributed by atoms with van der Waals surface area (Å²) in [5.41, 5.74) is 1.48. The highest BCUT2D eigenvalue weighted by Gasteiger charge is 2.43. The molecule has 1 N–H and O–H groups in total. The van der Waals surface area contributed by atoms with Crippen molar-refractivity contribution in [3.05, 3.63) is 40.8 Å². The van der Waals surface area contributed by atoms with Gasteiger partial charge >= 0.3 is 5.97 Å². The molecule has 1 saturated heterocycles. The molecule has 1 fully saturated rings. The topological polar surface area (TPSA) is 95.0 Å². The normalized spacial score (nSPS) is 19.4. The Labute approximate surface area is 180 Å². The van der Waals surface area contributed by atoms with Crippen LogP contribution in [0.4, 0.5) is 0 Å². The first-order chi connectivity index (χ1) is 14.3. The lowest BCUT2D eigenvalue weighted by molar-refractivity contribution is -0.141. The van der Waals surface area contributed by atoms with E-state index in [4.69, 9.17) is 0 Å². The van der Waals surface area contributed by atoms with E-state index in [9.17, 15) is 23.1 Å². The zero-order valence-corrected chi connectivity index (χ0v) is 18.3. The SMILES string of the molecule is CCC(C(=O)O)N1Cc2sc(-c3ccc(C(=O)N4CCCCC4)cc3)cc2S1(=O)=O. The zero-order valence-electron chi connectivity index (χ0n) is 16.7. The van der Waals surface area contributed by atoms with Crippen molar-refractivity contribution in [2.75, 3.05) is 13.1 Å². The largest absolute Gasteiger partial charge is 0.480 e. The van der Waals surface area contributed by atoms with E-state index in [2.05, 4.69) is 0 Å². The minimum absolute atomic E-state index is 0.0346. The number of thiophene rings is 1. The van der Waals surface area contributed by atoms with E-state index in [0.29, 0.717) is 10.4 Å². The molecule has 0 radical (unpaired) electrons. The first-order valence-electron chi connectivity index (χ1n) is 10.1. The van der Waals surface area contributed by atoms with Gasteiger partial charge < -0.3 is 10.0 Å². The van der Waals surface area contributed by atoms with Crippen LogP contribution < -0.4 is 0 Å². The maximum atomic E-state index is 12.9. The molecule has 1 atom stereocenters. The van der Waals surface area contributed by atoms with Crippen LogP contribution in [0.2, 0.25) is 0 Å². The number of carboxylic acids is 1. The van der Waals surface area contributed by atoms with Crippen LogP contribution in [0.1, 0.15) is 47.8 Å². The lowest BCUT2D eigenvalue weighted by Crippen LogP contribution is -2.40. The van der Waals surface area contributed by atoms with E-state index in [-0.39, 0.29) is 23.8 Å². The van der Waals surface area contributed by atoms with Crippen molar-refractivity contribution < 1.29 is 23.1 Å². The molecule has 1 amide bonds. The molecule has 2 aliphatic heterocycles. The summed E-state index contributed by atoms with van der Waals surface area (Å²) in [7, 11) is -3.82. The van der Waals surface area contributed by atoms with Gasteiger partial charge in [0.2, 0.25) is 10.0 Å². The summed E-state index contributed by atoms with van der Waals surface area (Å²) in [5.74, 6) is -1.10. The van der Waals surface area contributed by atoms with Gasteiger partial charge in [0.25, 0.3) is 5.91 Å². The molecule has 0 aliphatic carbocycles. The molecule has 1 aromatic heterocycles. The van der Waals surface area contributed by atoms with Gasteiger partial charge in [-0.1, -0.05) is 19.1 Å². The fraction of sp³-hybridized carbons (Fsp3) is 0.429. The monoisotopic (exact) mass is 448 g/mol. The summed E-state index contributed by atoms with van der Waals surface area (Å²) in [5, 5.41) is 9.35. The number of piperidine rings is 1. The third-order valence-corrected chi connectivity index (χ3v) is 8.95. The average Bonchev–Trinajstić information content (AvgIpc) is 3.27. The van der Waals surface area contributed by atoms with E-state index < -0.39 is 22.0 Å². The van der Waals surface area contributed by atoms with Crippen molar-refractivity contribution in [2.24, 2.45) is 0 Å². The molecule has 0 saturated carbocycles. The number of likely N-dealkylation sites (tertiary alicyclic amines) is 1. The van der Waals surface area contributed by atoms with Crippen LogP contribution >= 0.6 is 11.3 Å². The fourth-order valence-corrected chi connectivity index (χ4v) is 7.47. The highest BCUT2D eigenvalue weighted by Crippen LogP contribution is 2.42. The standard InChI is InChI=1S/C21H24N2O5S2/c1-2-16(21(25)26)23-13-18-19(30(23,27)28)12-17(29-18)14-6-8-15(9-7-14)20(24)22-10-4-3-5-11-22/h6-9,12,16H,2-5,10-11,13H2,1H3,(H,25,26). The Hall–Kier alpha value is -2.23. The summed E-state index contributed by atoms with van der Waals surface area (Å²) in [4.78, 5) is 27.6. The Bertz CT molecular complexity index is 1070. The lowest BCUT2D eigenvalue weighted by atomic mass is 10.1. The molecule has 160 valence electrons. The minimum atomic E-state index is -3.82. The molecular weight excluding hydrogens is 424 g/mol. The zero-order chi connectivity index (χ0) is 21.5. The van der Waals surface area contributed by atoms with E-state index in [0.717, 1.165) is 47.1 Å². The van der Waals surface area contributed by atoms with Crippen LogP contribution in [-0.4, -0.2) is 53.7 Å². The lowest BCUT2D eigenvalue weighted by Gasteiger charge is -2.26. The van der Waals surface area contributed by atoms with Crippen molar-refractivity contribution in [3.8, 4) is 10.4 Å². The highest BCUT2D eigenvalue weighted by molar-refractivity contribution is 7.89. The van der Waals surface area contributed by atoms with E-state index in [1.54, 1.807) is 25.1 Å². The number of carbonyl (C=O) groups is 2. The number of rotatable bonds is 5. The number of fused-ring (bicyclic) bond motifs is 1. The van der Waals surface area contributed by atoms with Gasteiger partial charge in [-0.05, 0) is 49.4 Å². The van der Waals surface area contributed by atoms with Crippen LogP contribution in [0.5, 0.6) is 0 Å². The number of nitrogens with zero attached hydrogens (tertiary/aromatic N) is 2. The second kappa shape index (κ2) is 8.13. The number of carboxylic acid groups (broad SMARTS) is 1. The molecule has 4 rings (SSSR count). The van der Waals surface area contributed by atoms with E-state index in [1.165, 1.54) is 11.3 Å². The molecule has 1 aromatic carbocycles. The smallest absolute Gasteiger partial charge is 0.322 e. The van der Waals surface area contributed by atoms with Crippen molar-refractivity contribution in [2.45, 2.75) is 50.1 Å². The molecule has 0 spiro atoms. The average molecular weight is 449 g/mol. The van der Waals surface area contributed by atoms with E-state index in [1.807, 2.05) is 17.0 Å². The first-order valence-corrected chi connectivity index (χ1v) is 12.4. The number of amides is 1.